The molecule has 0 aliphatic heterocycles. The van der Waals surface area contributed by atoms with E-state index in [0.29, 0.717) is 5.56 Å². The van der Waals surface area contributed by atoms with Gasteiger partial charge in [-0.3, -0.25) is 4.98 Å². The lowest BCUT2D eigenvalue weighted by atomic mass is 9.98. The first-order valence-corrected chi connectivity index (χ1v) is 7.01. The van der Waals surface area contributed by atoms with E-state index in [0.717, 1.165) is 22.1 Å². The Bertz CT molecular complexity index is 572. The molecule has 1 N–H and O–H groups in total. The fourth-order valence-electron chi connectivity index (χ4n) is 2.02. The van der Waals surface area contributed by atoms with E-state index in [1.54, 1.807) is 12.3 Å². The molecule has 0 spiro atoms. The Balaban J connectivity index is 2.45. The van der Waals surface area contributed by atoms with Crippen molar-refractivity contribution >= 4 is 15.9 Å². The summed E-state index contributed by atoms with van der Waals surface area (Å²) in [6, 6.07) is 7.64. The van der Waals surface area contributed by atoms with Crippen LogP contribution in [0.2, 0.25) is 0 Å². The maximum Gasteiger partial charge on any atom is 0.146 e. The Morgan fingerprint density at radius 1 is 1.37 bits per heavy atom. The molecular formula is C15H16BrFN2. The van der Waals surface area contributed by atoms with Crippen molar-refractivity contribution in [3.05, 3.63) is 63.6 Å². The predicted octanol–water partition coefficient (Wildman–Crippen LogP) is 3.99. The second kappa shape index (κ2) is 6.26. The largest absolute Gasteiger partial charge is 0.306 e. The molecule has 1 aromatic carbocycles. The highest BCUT2D eigenvalue weighted by molar-refractivity contribution is 9.10. The van der Waals surface area contributed by atoms with Crippen LogP contribution in [0.5, 0.6) is 0 Å². The molecule has 19 heavy (non-hydrogen) atoms. The summed E-state index contributed by atoms with van der Waals surface area (Å²) in [5.41, 5.74) is 2.81. The first kappa shape index (κ1) is 14.2. The summed E-state index contributed by atoms with van der Waals surface area (Å²) >= 11 is 3.52. The summed E-state index contributed by atoms with van der Waals surface area (Å²) < 4.78 is 14.9. The first-order valence-electron chi connectivity index (χ1n) is 6.22. The van der Waals surface area contributed by atoms with Crippen molar-refractivity contribution < 1.29 is 4.39 Å². The molecule has 0 bridgehead atoms. The zero-order valence-electron chi connectivity index (χ0n) is 11.0. The molecule has 100 valence electrons. The molecule has 0 aliphatic rings. The molecular weight excluding hydrogens is 307 g/mol. The first-order chi connectivity index (χ1) is 9.13. The van der Waals surface area contributed by atoms with Gasteiger partial charge in [-0.25, -0.2) is 4.39 Å². The number of rotatable bonds is 4. The Hall–Kier alpha value is -1.26. The molecule has 2 rings (SSSR count). The van der Waals surface area contributed by atoms with Crippen molar-refractivity contribution in [2.75, 3.05) is 6.54 Å². The summed E-state index contributed by atoms with van der Waals surface area (Å²) in [6.45, 7) is 4.80. The molecule has 2 nitrogen and oxygen atoms in total. The van der Waals surface area contributed by atoms with Gasteiger partial charge in [-0.15, -0.1) is 0 Å². The number of nitrogens with zero attached hydrogens (tertiary/aromatic N) is 1. The van der Waals surface area contributed by atoms with Gasteiger partial charge in [-0.2, -0.15) is 0 Å². The molecule has 1 atom stereocenters. The monoisotopic (exact) mass is 322 g/mol. The zero-order chi connectivity index (χ0) is 13.8. The highest BCUT2D eigenvalue weighted by Crippen LogP contribution is 2.27. The van der Waals surface area contributed by atoms with Crippen LogP contribution < -0.4 is 5.32 Å². The average molecular weight is 323 g/mol. The van der Waals surface area contributed by atoms with Crippen molar-refractivity contribution in [3.8, 4) is 0 Å². The number of aryl methyl sites for hydroxylation is 1. The fraction of sp³-hybridized carbons (Fsp3) is 0.267. The van der Waals surface area contributed by atoms with Gasteiger partial charge in [0.25, 0.3) is 0 Å². The van der Waals surface area contributed by atoms with E-state index < -0.39 is 0 Å². The second-order valence-corrected chi connectivity index (χ2v) is 5.25. The van der Waals surface area contributed by atoms with Crippen molar-refractivity contribution in [3.63, 3.8) is 0 Å². The predicted molar refractivity (Wildman–Crippen MR) is 78.6 cm³/mol. The fourth-order valence-corrected chi connectivity index (χ4v) is 2.42. The summed E-state index contributed by atoms with van der Waals surface area (Å²) in [4.78, 5) is 3.80. The van der Waals surface area contributed by atoms with E-state index in [1.165, 1.54) is 6.20 Å². The molecule has 2 aromatic rings. The van der Waals surface area contributed by atoms with Crippen molar-refractivity contribution in [2.45, 2.75) is 19.9 Å². The van der Waals surface area contributed by atoms with Crippen LogP contribution in [0.1, 0.15) is 29.7 Å². The van der Waals surface area contributed by atoms with E-state index in [1.807, 2.05) is 32.0 Å². The summed E-state index contributed by atoms with van der Waals surface area (Å²) in [7, 11) is 0. The number of pyridine rings is 1. The van der Waals surface area contributed by atoms with Crippen LogP contribution in [-0.4, -0.2) is 11.5 Å². The lowest BCUT2D eigenvalue weighted by Gasteiger charge is -2.20. The maximum atomic E-state index is 13.9. The van der Waals surface area contributed by atoms with Crippen LogP contribution in [0.4, 0.5) is 4.39 Å². The molecule has 1 unspecified atom stereocenters. The minimum Gasteiger partial charge on any atom is -0.306 e. The number of nitrogens with one attached hydrogen (secondary N) is 1. The smallest absolute Gasteiger partial charge is 0.146 e. The minimum absolute atomic E-state index is 0.162. The van der Waals surface area contributed by atoms with Gasteiger partial charge in [0.05, 0.1) is 12.2 Å². The van der Waals surface area contributed by atoms with Crippen molar-refractivity contribution in [1.82, 2.24) is 10.3 Å². The molecule has 0 saturated heterocycles. The maximum absolute atomic E-state index is 13.9. The second-order valence-electron chi connectivity index (χ2n) is 4.40. The van der Waals surface area contributed by atoms with Crippen LogP contribution in [0.25, 0.3) is 0 Å². The lowest BCUT2D eigenvalue weighted by Crippen LogP contribution is -2.23. The molecule has 0 amide bonds. The number of halogens is 2. The molecule has 0 aliphatic carbocycles. The van der Waals surface area contributed by atoms with Gasteiger partial charge in [0.2, 0.25) is 0 Å². The summed E-state index contributed by atoms with van der Waals surface area (Å²) in [6.07, 6.45) is 2.87. The van der Waals surface area contributed by atoms with E-state index >= 15 is 0 Å². The van der Waals surface area contributed by atoms with Crippen LogP contribution in [0.15, 0.2) is 41.1 Å². The quantitative estimate of drug-likeness (QED) is 0.920. The number of hydrogen-bond acceptors (Lipinski definition) is 2. The van der Waals surface area contributed by atoms with Gasteiger partial charge in [-0.05, 0) is 36.7 Å². The minimum atomic E-state index is -0.287. The highest BCUT2D eigenvalue weighted by atomic mass is 79.9. The van der Waals surface area contributed by atoms with Crippen LogP contribution in [0.3, 0.4) is 0 Å². The molecule has 1 heterocycles. The number of hydrogen-bond donors (Lipinski definition) is 1. The van der Waals surface area contributed by atoms with Gasteiger partial charge in [0, 0.05) is 16.2 Å². The normalized spacial score (nSPS) is 12.4. The Labute approximate surface area is 121 Å². The third-order valence-corrected chi connectivity index (χ3v) is 3.91. The Kier molecular flexibility index (Phi) is 4.66. The van der Waals surface area contributed by atoms with Crippen LogP contribution in [0, 0.1) is 12.7 Å². The van der Waals surface area contributed by atoms with Gasteiger partial charge in [0.1, 0.15) is 5.82 Å². The van der Waals surface area contributed by atoms with E-state index in [9.17, 15) is 4.39 Å². The highest BCUT2D eigenvalue weighted by Gasteiger charge is 2.17. The summed E-state index contributed by atoms with van der Waals surface area (Å²) in [5, 5.41) is 3.31. The molecule has 0 radical (unpaired) electrons. The van der Waals surface area contributed by atoms with E-state index in [-0.39, 0.29) is 11.9 Å². The lowest BCUT2D eigenvalue weighted by molar-refractivity contribution is 0.554. The van der Waals surface area contributed by atoms with Crippen LogP contribution in [-0.2, 0) is 0 Å². The third kappa shape index (κ3) is 3.19. The molecule has 4 heteroatoms. The van der Waals surface area contributed by atoms with Gasteiger partial charge < -0.3 is 5.32 Å². The van der Waals surface area contributed by atoms with Gasteiger partial charge >= 0.3 is 0 Å². The molecule has 1 aromatic heterocycles. The Morgan fingerprint density at radius 3 is 2.79 bits per heavy atom. The summed E-state index contributed by atoms with van der Waals surface area (Å²) in [5.74, 6) is -0.287. The molecule has 0 fully saturated rings. The van der Waals surface area contributed by atoms with Crippen LogP contribution >= 0.6 is 15.9 Å². The Morgan fingerprint density at radius 2 is 2.16 bits per heavy atom. The van der Waals surface area contributed by atoms with Gasteiger partial charge in [0.15, 0.2) is 0 Å². The number of benzene rings is 1. The van der Waals surface area contributed by atoms with E-state index in [4.69, 9.17) is 0 Å². The van der Waals surface area contributed by atoms with E-state index in [2.05, 4.69) is 26.2 Å². The van der Waals surface area contributed by atoms with Gasteiger partial charge in [-0.1, -0.05) is 35.0 Å². The standard InChI is InChI=1S/C15H16BrFN2/c1-3-19-15(12-6-7-18-9-14(12)17)11-5-4-10(2)13(16)8-11/h4-9,15,19H,3H2,1-2H3. The average Bonchev–Trinajstić information content (AvgIpc) is 2.40. The number of aromatic nitrogens is 1. The SMILES string of the molecule is CCNC(c1ccc(C)c(Br)c1)c1ccncc1F. The van der Waals surface area contributed by atoms with Crippen molar-refractivity contribution in [2.24, 2.45) is 0 Å². The topological polar surface area (TPSA) is 24.9 Å². The van der Waals surface area contributed by atoms with Crippen molar-refractivity contribution in [1.29, 1.82) is 0 Å². The zero-order valence-corrected chi connectivity index (χ0v) is 12.5. The third-order valence-electron chi connectivity index (χ3n) is 3.05. The molecule has 0 saturated carbocycles.